The molecule has 0 spiro atoms. The van der Waals surface area contributed by atoms with Crippen molar-refractivity contribution in [2.24, 2.45) is 0 Å². The summed E-state index contributed by atoms with van der Waals surface area (Å²) in [7, 11) is -4.01. The maximum absolute atomic E-state index is 13.9. The van der Waals surface area contributed by atoms with Crippen molar-refractivity contribution in [1.82, 2.24) is 9.71 Å². The van der Waals surface area contributed by atoms with E-state index in [0.717, 1.165) is 17.8 Å². The number of halogens is 1. The zero-order valence-corrected chi connectivity index (χ0v) is 13.5. The molecule has 3 N–H and O–H groups in total. The highest BCUT2D eigenvalue weighted by Gasteiger charge is 2.24. The molecule has 0 aliphatic rings. The number of hydrogen-bond acceptors (Lipinski definition) is 5. The highest BCUT2D eigenvalue weighted by molar-refractivity contribution is 7.89. The van der Waals surface area contributed by atoms with Crippen molar-refractivity contribution in [2.75, 3.05) is 5.73 Å². The van der Waals surface area contributed by atoms with Crippen LogP contribution in [0.3, 0.4) is 0 Å². The van der Waals surface area contributed by atoms with Gasteiger partial charge in [0.25, 0.3) is 0 Å². The molecule has 0 radical (unpaired) electrons. The van der Waals surface area contributed by atoms with Gasteiger partial charge in [0.1, 0.15) is 15.7 Å². The van der Waals surface area contributed by atoms with Gasteiger partial charge in [0.15, 0.2) is 0 Å². The Morgan fingerprint density at radius 2 is 2.05 bits per heavy atom. The lowest BCUT2D eigenvalue weighted by Gasteiger charge is -2.13. The second-order valence-corrected chi connectivity index (χ2v) is 7.38. The molecule has 1 atom stereocenters. The fourth-order valence-electron chi connectivity index (χ4n) is 1.79. The fraction of sp³-hybridized carbons (Fsp3) is 0.308. The number of nitrogens with zero attached hydrogens (tertiary/aromatic N) is 1. The number of anilines is 1. The van der Waals surface area contributed by atoms with Crippen LogP contribution in [0.4, 0.5) is 10.1 Å². The number of benzene rings is 1. The second-order valence-electron chi connectivity index (χ2n) is 4.81. The third-order valence-corrected chi connectivity index (χ3v) is 5.65. The van der Waals surface area contributed by atoms with Gasteiger partial charge in [-0.3, -0.25) is 0 Å². The van der Waals surface area contributed by atoms with Crippen LogP contribution in [-0.4, -0.2) is 13.4 Å². The van der Waals surface area contributed by atoms with E-state index in [2.05, 4.69) is 9.71 Å². The van der Waals surface area contributed by atoms with Crippen molar-refractivity contribution in [2.45, 2.75) is 31.7 Å². The number of sulfonamides is 1. The van der Waals surface area contributed by atoms with Crippen LogP contribution in [0.5, 0.6) is 0 Å². The molecular formula is C13H16FN3O2S2. The minimum Gasteiger partial charge on any atom is -0.398 e. The number of rotatable bonds is 4. The average Bonchev–Trinajstić information content (AvgIpc) is 2.80. The van der Waals surface area contributed by atoms with Gasteiger partial charge in [-0.25, -0.2) is 22.5 Å². The predicted octanol–water partition coefficient (Wildman–Crippen LogP) is 2.52. The van der Waals surface area contributed by atoms with E-state index < -0.39 is 26.8 Å². The van der Waals surface area contributed by atoms with Gasteiger partial charge in [-0.15, -0.1) is 11.3 Å². The second kappa shape index (κ2) is 5.70. The van der Waals surface area contributed by atoms with Crippen molar-refractivity contribution in [3.8, 4) is 0 Å². The smallest absolute Gasteiger partial charge is 0.244 e. The topological polar surface area (TPSA) is 85.1 Å². The van der Waals surface area contributed by atoms with Gasteiger partial charge in [0.05, 0.1) is 6.04 Å². The quantitative estimate of drug-likeness (QED) is 0.844. The highest BCUT2D eigenvalue weighted by Crippen LogP contribution is 2.24. The first-order chi connectivity index (χ1) is 9.70. The molecule has 0 amide bonds. The monoisotopic (exact) mass is 329 g/mol. The van der Waals surface area contributed by atoms with E-state index in [9.17, 15) is 12.8 Å². The van der Waals surface area contributed by atoms with Crippen molar-refractivity contribution >= 4 is 27.0 Å². The molecule has 0 aliphatic heterocycles. The lowest BCUT2D eigenvalue weighted by Crippen LogP contribution is -2.27. The minimum absolute atomic E-state index is 0.231. The Hall–Kier alpha value is -1.51. The molecule has 2 aromatic rings. The van der Waals surface area contributed by atoms with Gasteiger partial charge < -0.3 is 5.73 Å². The molecule has 2 rings (SSSR count). The van der Waals surface area contributed by atoms with Crippen LogP contribution < -0.4 is 10.5 Å². The van der Waals surface area contributed by atoms with Crippen molar-refractivity contribution < 1.29 is 12.8 Å². The van der Waals surface area contributed by atoms with Crippen molar-refractivity contribution in [3.63, 3.8) is 0 Å². The van der Waals surface area contributed by atoms with E-state index in [1.807, 2.05) is 12.3 Å². The average molecular weight is 329 g/mol. The molecule has 8 heteroatoms. The molecule has 0 bridgehead atoms. The van der Waals surface area contributed by atoms with Crippen LogP contribution in [0, 0.1) is 19.7 Å². The molecule has 0 fully saturated rings. The number of nitrogen functional groups attached to an aromatic ring is 1. The summed E-state index contributed by atoms with van der Waals surface area (Å²) in [5.74, 6) is -0.822. The van der Waals surface area contributed by atoms with Gasteiger partial charge in [0, 0.05) is 16.8 Å². The predicted molar refractivity (Wildman–Crippen MR) is 81.1 cm³/mol. The number of nitrogens with one attached hydrogen (secondary N) is 1. The first-order valence-electron chi connectivity index (χ1n) is 6.20. The summed E-state index contributed by atoms with van der Waals surface area (Å²) in [4.78, 5) is 3.76. The van der Waals surface area contributed by atoms with E-state index >= 15 is 0 Å². The van der Waals surface area contributed by atoms with Crippen LogP contribution in [-0.2, 0) is 10.0 Å². The van der Waals surface area contributed by atoms with Crippen LogP contribution >= 0.6 is 11.3 Å². The Kier molecular flexibility index (Phi) is 4.31. The van der Waals surface area contributed by atoms with Gasteiger partial charge in [-0.05, 0) is 38.5 Å². The Labute approximate surface area is 127 Å². The van der Waals surface area contributed by atoms with Crippen LogP contribution in [0.25, 0.3) is 0 Å². The van der Waals surface area contributed by atoms with Crippen LogP contribution in [0.1, 0.15) is 29.2 Å². The van der Waals surface area contributed by atoms with Crippen LogP contribution in [0.2, 0.25) is 0 Å². The van der Waals surface area contributed by atoms with Gasteiger partial charge in [-0.2, -0.15) is 0 Å². The van der Waals surface area contributed by atoms with E-state index in [-0.39, 0.29) is 5.69 Å². The number of hydrogen-bond donors (Lipinski definition) is 2. The lowest BCUT2D eigenvalue weighted by molar-refractivity contribution is 0.546. The molecule has 1 aromatic carbocycles. The summed E-state index contributed by atoms with van der Waals surface area (Å²) in [5.41, 5.74) is 7.20. The summed E-state index contributed by atoms with van der Waals surface area (Å²) in [5, 5.41) is 2.45. The molecule has 1 aromatic heterocycles. The molecule has 0 aliphatic carbocycles. The van der Waals surface area contributed by atoms with Crippen molar-refractivity contribution in [1.29, 1.82) is 0 Å². The SMILES string of the molecule is Cc1csc(C(C)NS(=O)(=O)c2cc(N)c(C)cc2F)n1. The Morgan fingerprint density at radius 1 is 1.38 bits per heavy atom. The minimum atomic E-state index is -4.01. The zero-order chi connectivity index (χ0) is 15.8. The largest absolute Gasteiger partial charge is 0.398 e. The van der Waals surface area contributed by atoms with Crippen molar-refractivity contribution in [3.05, 3.63) is 39.6 Å². The summed E-state index contributed by atoms with van der Waals surface area (Å²) in [6.07, 6.45) is 0. The molecule has 5 nitrogen and oxygen atoms in total. The van der Waals surface area contributed by atoms with E-state index in [1.165, 1.54) is 11.3 Å². The first-order valence-corrected chi connectivity index (χ1v) is 8.57. The molecular weight excluding hydrogens is 313 g/mol. The van der Waals surface area contributed by atoms with Gasteiger partial charge >= 0.3 is 0 Å². The maximum Gasteiger partial charge on any atom is 0.244 e. The first kappa shape index (κ1) is 15.9. The number of aromatic nitrogens is 1. The highest BCUT2D eigenvalue weighted by atomic mass is 32.2. The standard InChI is InChI=1S/C13H16FN3O2S2/c1-7-4-10(14)12(5-11(7)15)21(18,19)17-9(3)13-16-8(2)6-20-13/h4-6,9,17H,15H2,1-3H3. The Balaban J connectivity index is 2.32. The summed E-state index contributed by atoms with van der Waals surface area (Å²) >= 11 is 1.35. The number of thiazole rings is 1. The Morgan fingerprint density at radius 3 is 2.62 bits per heavy atom. The molecule has 114 valence electrons. The molecule has 1 unspecified atom stereocenters. The van der Waals surface area contributed by atoms with E-state index in [1.54, 1.807) is 13.8 Å². The molecule has 0 saturated heterocycles. The summed E-state index contributed by atoms with van der Waals surface area (Å²) in [6, 6.07) is 1.70. The van der Waals surface area contributed by atoms with E-state index in [4.69, 9.17) is 5.73 Å². The fourth-order valence-corrected chi connectivity index (χ4v) is 3.97. The number of nitrogens with two attached hydrogens (primary N) is 1. The number of aryl methyl sites for hydroxylation is 2. The summed E-state index contributed by atoms with van der Waals surface area (Å²) in [6.45, 7) is 5.09. The molecule has 1 heterocycles. The third-order valence-electron chi connectivity index (χ3n) is 2.95. The Bertz CT molecular complexity index is 772. The van der Waals surface area contributed by atoms with E-state index in [0.29, 0.717) is 10.6 Å². The maximum atomic E-state index is 13.9. The lowest BCUT2D eigenvalue weighted by atomic mass is 10.2. The van der Waals surface area contributed by atoms with Gasteiger partial charge in [-0.1, -0.05) is 0 Å². The van der Waals surface area contributed by atoms with Crippen LogP contribution in [0.15, 0.2) is 22.4 Å². The third kappa shape index (κ3) is 3.39. The van der Waals surface area contributed by atoms with Gasteiger partial charge in [0.2, 0.25) is 10.0 Å². The molecule has 21 heavy (non-hydrogen) atoms. The summed E-state index contributed by atoms with van der Waals surface area (Å²) < 4.78 is 40.9. The zero-order valence-electron chi connectivity index (χ0n) is 11.8. The molecule has 0 saturated carbocycles. The normalized spacial score (nSPS) is 13.3.